The maximum Gasteiger partial charge on any atom is 0.246 e. The molecule has 0 aromatic rings. The van der Waals surface area contributed by atoms with Crippen LogP contribution in [0.2, 0.25) is 0 Å². The summed E-state index contributed by atoms with van der Waals surface area (Å²) in [7, 11) is 16.4. The zero-order chi connectivity index (χ0) is 24.8. The highest BCUT2D eigenvalue weighted by Gasteiger charge is 2.10. The molecule has 0 fully saturated rings. The van der Waals surface area contributed by atoms with Gasteiger partial charge in [-0.2, -0.15) is 0 Å². The van der Waals surface area contributed by atoms with Crippen LogP contribution in [0, 0.1) is 0 Å². The van der Waals surface area contributed by atoms with Gasteiger partial charge in [-0.3, -0.25) is 9.59 Å². The van der Waals surface area contributed by atoms with Gasteiger partial charge in [0.25, 0.3) is 0 Å². The SMILES string of the molecule is C=CC(=O)Cl.C=CC(=O)N(CCN(C)C)CCN(C)C.CN(C)CCNCCN(C)C. The Morgan fingerprint density at radius 3 is 1.23 bits per heavy atom. The summed E-state index contributed by atoms with van der Waals surface area (Å²) >= 11 is 4.71. The number of carbonyl (C=O) groups excluding carboxylic acids is 2. The summed E-state index contributed by atoms with van der Waals surface area (Å²) in [6.45, 7) is 14.3. The quantitative estimate of drug-likeness (QED) is 0.232. The van der Waals surface area contributed by atoms with Crippen LogP contribution in [0.1, 0.15) is 0 Å². The number of amides is 1. The Hall–Kier alpha value is -1.29. The van der Waals surface area contributed by atoms with Crippen molar-refractivity contribution >= 4 is 22.8 Å². The normalized spacial score (nSPS) is 10.4. The highest BCUT2D eigenvalue weighted by molar-refractivity contribution is 6.66. The lowest BCUT2D eigenvalue weighted by Gasteiger charge is -2.24. The van der Waals surface area contributed by atoms with Gasteiger partial charge in [-0.15, -0.1) is 0 Å². The molecule has 0 aliphatic rings. The summed E-state index contributed by atoms with van der Waals surface area (Å²) < 4.78 is 0. The first kappa shape index (κ1) is 34.3. The Bertz CT molecular complexity index is 449. The van der Waals surface area contributed by atoms with Gasteiger partial charge in [-0.05, 0) is 80.1 Å². The Kier molecular flexibility index (Phi) is 25.9. The summed E-state index contributed by atoms with van der Waals surface area (Å²) in [4.78, 5) is 31.3. The van der Waals surface area contributed by atoms with E-state index in [2.05, 4.69) is 66.3 Å². The third-order valence-electron chi connectivity index (χ3n) is 3.75. The summed E-state index contributed by atoms with van der Waals surface area (Å²) in [5, 5.41) is 2.86. The molecule has 0 aromatic carbocycles. The lowest BCUT2D eigenvalue weighted by atomic mass is 10.4. The molecule has 0 atom stereocenters. The molecule has 0 bridgehead atoms. The lowest BCUT2D eigenvalue weighted by molar-refractivity contribution is -0.126. The minimum atomic E-state index is -0.509. The van der Waals surface area contributed by atoms with Crippen LogP contribution in [0.25, 0.3) is 0 Å². The van der Waals surface area contributed by atoms with Gasteiger partial charge in [-0.25, -0.2) is 0 Å². The third kappa shape index (κ3) is 33.5. The van der Waals surface area contributed by atoms with Crippen molar-refractivity contribution in [3.63, 3.8) is 0 Å². The number of hydrogen-bond acceptors (Lipinski definition) is 7. The van der Waals surface area contributed by atoms with Crippen LogP contribution >= 0.6 is 11.6 Å². The Morgan fingerprint density at radius 2 is 1.00 bits per heavy atom. The number of rotatable bonds is 14. The summed E-state index contributed by atoms with van der Waals surface area (Å²) in [5.74, 6) is 0.0127. The van der Waals surface area contributed by atoms with Crippen LogP contribution in [0.3, 0.4) is 0 Å². The largest absolute Gasteiger partial charge is 0.337 e. The average molecular weight is 463 g/mol. The van der Waals surface area contributed by atoms with Crippen molar-refractivity contribution in [2.24, 2.45) is 0 Å². The second kappa shape index (κ2) is 23.4. The van der Waals surface area contributed by atoms with Gasteiger partial charge in [-0.1, -0.05) is 13.2 Å². The summed E-state index contributed by atoms with van der Waals surface area (Å²) in [6.07, 6.45) is 2.42. The Labute approximate surface area is 196 Å². The van der Waals surface area contributed by atoms with Crippen molar-refractivity contribution in [1.82, 2.24) is 29.8 Å². The van der Waals surface area contributed by atoms with E-state index in [9.17, 15) is 9.59 Å². The van der Waals surface area contributed by atoms with Gasteiger partial charge < -0.3 is 29.8 Å². The van der Waals surface area contributed by atoms with Crippen LogP contribution in [0.4, 0.5) is 0 Å². The maximum atomic E-state index is 11.5. The van der Waals surface area contributed by atoms with Crippen LogP contribution in [0.15, 0.2) is 25.3 Å². The predicted octanol–water partition coefficient (Wildman–Crippen LogP) is 0.761. The van der Waals surface area contributed by atoms with E-state index in [4.69, 9.17) is 11.6 Å². The van der Waals surface area contributed by atoms with Crippen molar-refractivity contribution in [2.45, 2.75) is 0 Å². The van der Waals surface area contributed by atoms with Crippen LogP contribution in [-0.4, -0.2) is 144 Å². The molecule has 0 saturated heterocycles. The van der Waals surface area contributed by atoms with Crippen LogP contribution in [0.5, 0.6) is 0 Å². The third-order valence-corrected chi connectivity index (χ3v) is 3.91. The van der Waals surface area contributed by atoms with Crippen molar-refractivity contribution in [1.29, 1.82) is 0 Å². The molecule has 8 nitrogen and oxygen atoms in total. The monoisotopic (exact) mass is 462 g/mol. The standard InChI is InChI=1S/C11H23N3O.C8H21N3.C3H3ClO/c1-6-11(15)14(9-7-12(2)3)10-8-13(4)5;1-10(2)7-5-9-6-8-11(3)4;1-2-3(4)5/h6H,1,7-10H2,2-5H3;9H,5-8H2,1-4H3;2H,1H2. The molecule has 0 spiro atoms. The minimum Gasteiger partial charge on any atom is -0.337 e. The van der Waals surface area contributed by atoms with Crippen molar-refractivity contribution in [3.05, 3.63) is 25.3 Å². The predicted molar refractivity (Wildman–Crippen MR) is 135 cm³/mol. The van der Waals surface area contributed by atoms with E-state index >= 15 is 0 Å². The number of likely N-dealkylation sites (N-methyl/N-ethyl adjacent to an activating group) is 4. The van der Waals surface area contributed by atoms with Gasteiger partial charge in [0.05, 0.1) is 0 Å². The van der Waals surface area contributed by atoms with E-state index in [1.165, 1.54) is 6.08 Å². The van der Waals surface area contributed by atoms with E-state index in [1.54, 1.807) is 0 Å². The van der Waals surface area contributed by atoms with Crippen LogP contribution in [-0.2, 0) is 9.59 Å². The molecule has 0 saturated carbocycles. The molecule has 0 aromatic heterocycles. The molecule has 0 heterocycles. The first-order valence-corrected chi connectivity index (χ1v) is 10.8. The number of hydrogen-bond donors (Lipinski definition) is 1. The van der Waals surface area contributed by atoms with E-state index < -0.39 is 5.24 Å². The summed E-state index contributed by atoms with van der Waals surface area (Å²) in [6, 6.07) is 0. The van der Waals surface area contributed by atoms with Crippen LogP contribution < -0.4 is 5.32 Å². The summed E-state index contributed by atoms with van der Waals surface area (Å²) in [5.41, 5.74) is 0. The van der Waals surface area contributed by atoms with Crippen molar-refractivity contribution in [2.75, 3.05) is 109 Å². The number of nitrogens with one attached hydrogen (secondary N) is 1. The molecule has 0 aliphatic heterocycles. The number of nitrogens with zero attached hydrogens (tertiary/aromatic N) is 5. The Morgan fingerprint density at radius 1 is 0.677 bits per heavy atom. The zero-order valence-corrected chi connectivity index (χ0v) is 21.9. The smallest absolute Gasteiger partial charge is 0.246 e. The fourth-order valence-electron chi connectivity index (χ4n) is 1.83. The molecular weight excluding hydrogens is 416 g/mol. The fraction of sp³-hybridized carbons (Fsp3) is 0.727. The molecule has 9 heteroatoms. The molecular formula is C22H47ClN6O2. The maximum absolute atomic E-state index is 11.5. The second-order valence-corrected chi connectivity index (χ2v) is 8.37. The molecule has 0 rings (SSSR count). The van der Waals surface area contributed by atoms with Gasteiger partial charge in [0, 0.05) is 52.4 Å². The first-order chi connectivity index (χ1) is 14.4. The molecule has 31 heavy (non-hydrogen) atoms. The van der Waals surface area contributed by atoms with Gasteiger partial charge in [0.15, 0.2) is 0 Å². The topological polar surface area (TPSA) is 62.4 Å². The van der Waals surface area contributed by atoms with E-state index in [-0.39, 0.29) is 5.91 Å². The molecule has 0 radical (unpaired) electrons. The number of carbonyl (C=O) groups is 2. The molecule has 0 unspecified atom stereocenters. The molecule has 0 aliphatic carbocycles. The number of allylic oxidation sites excluding steroid dienone is 1. The highest BCUT2D eigenvalue weighted by Crippen LogP contribution is 1.93. The van der Waals surface area contributed by atoms with E-state index in [1.807, 2.05) is 33.1 Å². The molecule has 1 N–H and O–H groups in total. The fourth-order valence-corrected chi connectivity index (χ4v) is 1.83. The average Bonchev–Trinajstić information content (AvgIpc) is 2.67. The molecule has 184 valence electrons. The van der Waals surface area contributed by atoms with Crippen molar-refractivity contribution < 1.29 is 9.59 Å². The minimum absolute atomic E-state index is 0.0127. The second-order valence-electron chi connectivity index (χ2n) is 8.00. The van der Waals surface area contributed by atoms with Crippen molar-refractivity contribution in [3.8, 4) is 0 Å². The first-order valence-electron chi connectivity index (χ1n) is 10.4. The van der Waals surface area contributed by atoms with Gasteiger partial charge in [0.2, 0.25) is 11.1 Å². The van der Waals surface area contributed by atoms with E-state index in [0.29, 0.717) is 0 Å². The van der Waals surface area contributed by atoms with Gasteiger partial charge >= 0.3 is 0 Å². The van der Waals surface area contributed by atoms with E-state index in [0.717, 1.165) is 58.4 Å². The zero-order valence-electron chi connectivity index (χ0n) is 21.2. The lowest BCUT2D eigenvalue weighted by Crippen LogP contribution is -2.39. The Balaban J connectivity index is -0.000000428. The van der Waals surface area contributed by atoms with Gasteiger partial charge in [0.1, 0.15) is 0 Å². The molecule has 1 amide bonds. The number of halogens is 1. The highest BCUT2D eigenvalue weighted by atomic mass is 35.5.